The van der Waals surface area contributed by atoms with Gasteiger partial charge in [-0.2, -0.15) is 5.26 Å². The Bertz CT molecular complexity index is 779. The van der Waals surface area contributed by atoms with Gasteiger partial charge in [0.15, 0.2) is 17.5 Å². The molecule has 0 atom stereocenters. The van der Waals surface area contributed by atoms with E-state index in [1.165, 1.54) is 0 Å². The lowest BCUT2D eigenvalue weighted by Gasteiger charge is -2.12. The summed E-state index contributed by atoms with van der Waals surface area (Å²) < 4.78 is 10.7. The molecule has 2 N–H and O–H groups in total. The maximum Gasteiger partial charge on any atom is 0.231 e. The Hall–Kier alpha value is -3.20. The molecule has 2 aromatic rings. The molecule has 0 fully saturated rings. The first-order valence-corrected chi connectivity index (χ1v) is 7.60. The number of nitriles is 1. The first-order valence-electron chi connectivity index (χ1n) is 7.60. The van der Waals surface area contributed by atoms with Crippen molar-refractivity contribution >= 4 is 5.96 Å². The Morgan fingerprint density at radius 2 is 1.71 bits per heavy atom. The van der Waals surface area contributed by atoms with Gasteiger partial charge in [0.1, 0.15) is 0 Å². The molecule has 0 spiro atoms. The van der Waals surface area contributed by atoms with Gasteiger partial charge in [0.05, 0.1) is 11.6 Å². The van der Waals surface area contributed by atoms with Gasteiger partial charge in [-0.1, -0.05) is 18.2 Å². The van der Waals surface area contributed by atoms with Crippen LogP contribution in [0.2, 0.25) is 0 Å². The number of nitrogens with zero attached hydrogens (tertiary/aromatic N) is 2. The van der Waals surface area contributed by atoms with Crippen molar-refractivity contribution in [1.82, 2.24) is 10.6 Å². The molecular weight excluding hydrogens is 304 g/mol. The van der Waals surface area contributed by atoms with Crippen molar-refractivity contribution in [2.45, 2.75) is 13.1 Å². The summed E-state index contributed by atoms with van der Waals surface area (Å²) in [4.78, 5) is 4.21. The van der Waals surface area contributed by atoms with E-state index >= 15 is 0 Å². The zero-order chi connectivity index (χ0) is 16.8. The maximum atomic E-state index is 8.81. The van der Waals surface area contributed by atoms with Crippen molar-refractivity contribution in [3.05, 3.63) is 59.2 Å². The Morgan fingerprint density at radius 1 is 1.04 bits per heavy atom. The predicted molar refractivity (Wildman–Crippen MR) is 90.8 cm³/mol. The van der Waals surface area contributed by atoms with Gasteiger partial charge in [-0.15, -0.1) is 0 Å². The van der Waals surface area contributed by atoms with Gasteiger partial charge in [0, 0.05) is 20.1 Å². The van der Waals surface area contributed by atoms with E-state index < -0.39 is 0 Å². The predicted octanol–water partition coefficient (Wildman–Crippen LogP) is 2.15. The lowest BCUT2D eigenvalue weighted by Crippen LogP contribution is -2.36. The van der Waals surface area contributed by atoms with Crippen LogP contribution in [0.4, 0.5) is 0 Å². The van der Waals surface area contributed by atoms with Gasteiger partial charge in [-0.25, -0.2) is 0 Å². The van der Waals surface area contributed by atoms with Crippen molar-refractivity contribution in [2.75, 3.05) is 13.8 Å². The number of fused-ring (bicyclic) bond motifs is 1. The molecular formula is C18H18N4O2. The molecule has 3 rings (SSSR count). The van der Waals surface area contributed by atoms with Crippen LogP contribution in [0.1, 0.15) is 16.7 Å². The van der Waals surface area contributed by atoms with Crippen LogP contribution in [0, 0.1) is 11.3 Å². The largest absolute Gasteiger partial charge is 0.454 e. The molecule has 0 saturated heterocycles. The van der Waals surface area contributed by atoms with Crippen molar-refractivity contribution in [2.24, 2.45) is 4.99 Å². The summed E-state index contributed by atoms with van der Waals surface area (Å²) >= 11 is 0. The number of rotatable bonds is 4. The Kier molecular flexibility index (Phi) is 4.82. The zero-order valence-corrected chi connectivity index (χ0v) is 13.4. The Balaban J connectivity index is 1.52. The third-order valence-electron chi connectivity index (χ3n) is 3.66. The summed E-state index contributed by atoms with van der Waals surface area (Å²) in [6, 6.07) is 15.4. The Morgan fingerprint density at radius 3 is 2.42 bits per heavy atom. The summed E-state index contributed by atoms with van der Waals surface area (Å²) in [6.45, 7) is 1.54. The van der Waals surface area contributed by atoms with Crippen LogP contribution in [0.15, 0.2) is 47.5 Å². The first-order chi connectivity index (χ1) is 11.8. The third-order valence-corrected chi connectivity index (χ3v) is 3.66. The molecule has 1 aliphatic heterocycles. The van der Waals surface area contributed by atoms with Gasteiger partial charge < -0.3 is 20.1 Å². The fourth-order valence-corrected chi connectivity index (χ4v) is 2.34. The molecule has 0 amide bonds. The van der Waals surface area contributed by atoms with Gasteiger partial charge in [0.2, 0.25) is 6.79 Å². The average Bonchev–Trinajstić information content (AvgIpc) is 3.10. The molecule has 0 aromatic heterocycles. The second-order valence-electron chi connectivity index (χ2n) is 5.28. The molecule has 0 saturated carbocycles. The van der Waals surface area contributed by atoms with Crippen LogP contribution in [0.3, 0.4) is 0 Å². The molecule has 0 unspecified atom stereocenters. The van der Waals surface area contributed by atoms with Gasteiger partial charge in [0.25, 0.3) is 0 Å². The monoisotopic (exact) mass is 322 g/mol. The van der Waals surface area contributed by atoms with Crippen molar-refractivity contribution < 1.29 is 9.47 Å². The summed E-state index contributed by atoms with van der Waals surface area (Å²) in [5, 5.41) is 15.3. The fourth-order valence-electron chi connectivity index (χ4n) is 2.34. The quantitative estimate of drug-likeness (QED) is 0.666. The molecule has 6 heteroatoms. The molecule has 6 nitrogen and oxygen atoms in total. The number of hydrogen-bond acceptors (Lipinski definition) is 4. The normalized spacial score (nSPS) is 12.6. The van der Waals surface area contributed by atoms with E-state index in [4.69, 9.17) is 14.7 Å². The smallest absolute Gasteiger partial charge is 0.231 e. The molecule has 0 radical (unpaired) electrons. The first kappa shape index (κ1) is 15.7. The van der Waals surface area contributed by atoms with Gasteiger partial charge in [-0.05, 0) is 35.4 Å². The maximum absolute atomic E-state index is 8.81. The van der Waals surface area contributed by atoms with Crippen LogP contribution in [-0.2, 0) is 13.1 Å². The van der Waals surface area contributed by atoms with Gasteiger partial charge in [-0.3, -0.25) is 4.99 Å². The summed E-state index contributed by atoms with van der Waals surface area (Å²) in [5.41, 5.74) is 2.82. The second kappa shape index (κ2) is 7.38. The number of guanidine groups is 1. The van der Waals surface area contributed by atoms with Crippen LogP contribution < -0.4 is 20.1 Å². The molecule has 0 aliphatic carbocycles. The molecule has 2 aromatic carbocycles. The highest BCUT2D eigenvalue weighted by molar-refractivity contribution is 5.79. The zero-order valence-electron chi connectivity index (χ0n) is 13.4. The standard InChI is InChI=1S/C18H18N4O2/c1-20-18(21-10-14-4-2-13(9-19)3-5-14)22-11-15-6-7-16-17(8-15)24-12-23-16/h2-8H,10-12H2,1H3,(H2,20,21,22). The molecule has 1 heterocycles. The molecule has 1 aliphatic rings. The van der Waals surface area contributed by atoms with E-state index in [-0.39, 0.29) is 6.79 Å². The van der Waals surface area contributed by atoms with Gasteiger partial charge >= 0.3 is 0 Å². The van der Waals surface area contributed by atoms with E-state index in [1.54, 1.807) is 19.2 Å². The van der Waals surface area contributed by atoms with E-state index in [1.807, 2.05) is 30.3 Å². The second-order valence-corrected chi connectivity index (χ2v) is 5.28. The number of ether oxygens (including phenoxy) is 2. The molecule has 24 heavy (non-hydrogen) atoms. The highest BCUT2D eigenvalue weighted by atomic mass is 16.7. The minimum atomic E-state index is 0.278. The highest BCUT2D eigenvalue weighted by Gasteiger charge is 2.13. The highest BCUT2D eigenvalue weighted by Crippen LogP contribution is 2.32. The fraction of sp³-hybridized carbons (Fsp3) is 0.222. The van der Waals surface area contributed by atoms with E-state index in [0.717, 1.165) is 22.6 Å². The van der Waals surface area contributed by atoms with Crippen molar-refractivity contribution in [3.8, 4) is 17.6 Å². The number of hydrogen-bond donors (Lipinski definition) is 2. The summed E-state index contributed by atoms with van der Waals surface area (Å²) in [7, 11) is 1.73. The van der Waals surface area contributed by atoms with Crippen LogP contribution in [0.5, 0.6) is 11.5 Å². The molecule has 0 bridgehead atoms. The summed E-state index contributed by atoms with van der Waals surface area (Å²) in [5.74, 6) is 2.26. The van der Waals surface area contributed by atoms with E-state index in [0.29, 0.717) is 24.6 Å². The van der Waals surface area contributed by atoms with Crippen LogP contribution in [-0.4, -0.2) is 19.8 Å². The third kappa shape index (κ3) is 3.76. The minimum absolute atomic E-state index is 0.278. The minimum Gasteiger partial charge on any atom is -0.454 e. The number of nitrogens with one attached hydrogen (secondary N) is 2. The van der Waals surface area contributed by atoms with Crippen LogP contribution >= 0.6 is 0 Å². The average molecular weight is 322 g/mol. The van der Waals surface area contributed by atoms with Crippen LogP contribution in [0.25, 0.3) is 0 Å². The SMILES string of the molecule is CN=C(NCc1ccc(C#N)cc1)NCc1ccc2c(c1)OCO2. The van der Waals surface area contributed by atoms with E-state index in [2.05, 4.69) is 21.7 Å². The summed E-state index contributed by atoms with van der Waals surface area (Å²) in [6.07, 6.45) is 0. The topological polar surface area (TPSA) is 78.7 Å². The molecule has 122 valence electrons. The number of benzene rings is 2. The lowest BCUT2D eigenvalue weighted by atomic mass is 10.1. The lowest BCUT2D eigenvalue weighted by molar-refractivity contribution is 0.174. The van der Waals surface area contributed by atoms with E-state index in [9.17, 15) is 0 Å². The number of aliphatic imine (C=N–C) groups is 1. The Labute approximate surface area is 140 Å². The van der Waals surface area contributed by atoms with Crippen molar-refractivity contribution in [1.29, 1.82) is 5.26 Å². The van der Waals surface area contributed by atoms with Crippen molar-refractivity contribution in [3.63, 3.8) is 0 Å².